The van der Waals surface area contributed by atoms with Crippen molar-refractivity contribution in [2.75, 3.05) is 0 Å². The molecule has 3 aromatic rings. The number of nitrogens with zero attached hydrogens (tertiary/aromatic N) is 4. The minimum Gasteiger partial charge on any atom is -0.346 e. The van der Waals surface area contributed by atoms with Gasteiger partial charge in [0.2, 0.25) is 0 Å². The van der Waals surface area contributed by atoms with E-state index in [1.54, 1.807) is 30.3 Å². The largest absolute Gasteiger partial charge is 0.346 e. The Kier molecular flexibility index (Phi) is 4.34. The lowest BCUT2D eigenvalue weighted by Gasteiger charge is -2.15. The molecule has 1 unspecified atom stereocenters. The highest BCUT2D eigenvalue weighted by atomic mass is 35.5. The number of hydrogen-bond acceptors (Lipinski definition) is 4. The van der Waals surface area contributed by atoms with Crippen molar-refractivity contribution < 1.29 is 4.79 Å². The van der Waals surface area contributed by atoms with E-state index in [1.165, 1.54) is 11.0 Å². The second-order valence-corrected chi connectivity index (χ2v) is 5.49. The Morgan fingerprint density at radius 3 is 2.70 bits per heavy atom. The van der Waals surface area contributed by atoms with Crippen LogP contribution < -0.4 is 5.32 Å². The van der Waals surface area contributed by atoms with Gasteiger partial charge in [0.15, 0.2) is 0 Å². The summed E-state index contributed by atoms with van der Waals surface area (Å²) in [6, 6.07) is 14.4. The van der Waals surface area contributed by atoms with Gasteiger partial charge < -0.3 is 5.32 Å². The molecule has 3 rings (SSSR count). The summed E-state index contributed by atoms with van der Waals surface area (Å²) in [7, 11) is 0. The highest BCUT2D eigenvalue weighted by Gasteiger charge is 2.12. The molecule has 1 atom stereocenters. The number of benzene rings is 2. The second kappa shape index (κ2) is 6.58. The predicted octanol–water partition coefficient (Wildman–Crippen LogP) is 2.81. The van der Waals surface area contributed by atoms with E-state index >= 15 is 0 Å². The van der Waals surface area contributed by atoms with E-state index in [0.717, 1.165) is 11.3 Å². The zero-order valence-electron chi connectivity index (χ0n) is 12.3. The molecular weight excluding hydrogens is 314 g/mol. The van der Waals surface area contributed by atoms with Gasteiger partial charge in [-0.05, 0) is 53.2 Å². The van der Waals surface area contributed by atoms with Crippen LogP contribution in [0.25, 0.3) is 5.69 Å². The fourth-order valence-corrected chi connectivity index (χ4v) is 2.31. The molecule has 0 saturated carbocycles. The number of carbonyl (C=O) groups is 1. The monoisotopic (exact) mass is 327 g/mol. The number of nitrogens with one attached hydrogen (secondary N) is 1. The Balaban J connectivity index is 1.75. The zero-order valence-corrected chi connectivity index (χ0v) is 13.1. The summed E-state index contributed by atoms with van der Waals surface area (Å²) in [5, 5.41) is 14.6. The Bertz CT molecular complexity index is 802. The van der Waals surface area contributed by atoms with Gasteiger partial charge in [-0.2, -0.15) is 0 Å². The Morgan fingerprint density at radius 1 is 1.22 bits per heavy atom. The first-order chi connectivity index (χ1) is 11.1. The number of amides is 1. The van der Waals surface area contributed by atoms with Gasteiger partial charge in [0.25, 0.3) is 5.91 Å². The minimum absolute atomic E-state index is 0.128. The molecule has 23 heavy (non-hydrogen) atoms. The molecule has 1 amide bonds. The van der Waals surface area contributed by atoms with E-state index in [4.69, 9.17) is 11.6 Å². The summed E-state index contributed by atoms with van der Waals surface area (Å²) in [4.78, 5) is 12.4. The number of rotatable bonds is 4. The Hall–Kier alpha value is -2.73. The van der Waals surface area contributed by atoms with Crippen LogP contribution >= 0.6 is 11.6 Å². The molecule has 2 aromatic carbocycles. The fraction of sp³-hybridized carbons (Fsp3) is 0.125. The van der Waals surface area contributed by atoms with Crippen molar-refractivity contribution in [1.82, 2.24) is 25.5 Å². The Labute approximate surface area is 138 Å². The molecule has 0 aliphatic carbocycles. The molecule has 0 aliphatic heterocycles. The molecule has 0 fully saturated rings. The van der Waals surface area contributed by atoms with Gasteiger partial charge in [-0.1, -0.05) is 29.8 Å². The fourth-order valence-electron chi connectivity index (χ4n) is 2.18. The van der Waals surface area contributed by atoms with Crippen molar-refractivity contribution in [2.24, 2.45) is 0 Å². The summed E-state index contributed by atoms with van der Waals surface area (Å²) in [6.45, 7) is 1.92. The van der Waals surface area contributed by atoms with Crippen molar-refractivity contribution in [1.29, 1.82) is 0 Å². The van der Waals surface area contributed by atoms with Crippen molar-refractivity contribution >= 4 is 17.5 Å². The molecule has 0 spiro atoms. The van der Waals surface area contributed by atoms with Crippen molar-refractivity contribution in [3.05, 3.63) is 71.0 Å². The first-order valence-electron chi connectivity index (χ1n) is 7.03. The van der Waals surface area contributed by atoms with Crippen LogP contribution in [0.5, 0.6) is 0 Å². The average Bonchev–Trinajstić information content (AvgIpc) is 3.10. The summed E-state index contributed by atoms with van der Waals surface area (Å²) in [5.74, 6) is -0.164. The third-order valence-electron chi connectivity index (χ3n) is 3.44. The third kappa shape index (κ3) is 3.54. The quantitative estimate of drug-likeness (QED) is 0.799. The van der Waals surface area contributed by atoms with Crippen LogP contribution in [0.3, 0.4) is 0 Å². The first kappa shape index (κ1) is 15.2. The summed E-state index contributed by atoms with van der Waals surface area (Å²) >= 11 is 5.88. The van der Waals surface area contributed by atoms with Crippen LogP contribution in [-0.4, -0.2) is 26.1 Å². The topological polar surface area (TPSA) is 72.7 Å². The van der Waals surface area contributed by atoms with Crippen LogP contribution in [0.4, 0.5) is 0 Å². The number of aromatic nitrogens is 4. The summed E-state index contributed by atoms with van der Waals surface area (Å²) in [6.07, 6.45) is 1.48. The van der Waals surface area contributed by atoms with E-state index in [2.05, 4.69) is 20.8 Å². The average molecular weight is 328 g/mol. The van der Waals surface area contributed by atoms with Gasteiger partial charge in [0.05, 0.1) is 11.7 Å². The molecule has 0 bridgehead atoms. The lowest BCUT2D eigenvalue weighted by atomic mass is 10.1. The van der Waals surface area contributed by atoms with Crippen LogP contribution in [0.1, 0.15) is 28.9 Å². The molecule has 0 saturated heterocycles. The van der Waals surface area contributed by atoms with Gasteiger partial charge in [-0.25, -0.2) is 4.68 Å². The molecule has 6 nitrogen and oxygen atoms in total. The van der Waals surface area contributed by atoms with E-state index in [0.29, 0.717) is 10.6 Å². The summed E-state index contributed by atoms with van der Waals surface area (Å²) < 4.78 is 1.50. The maximum Gasteiger partial charge on any atom is 0.251 e. The molecule has 116 valence electrons. The van der Waals surface area contributed by atoms with E-state index < -0.39 is 0 Å². The predicted molar refractivity (Wildman–Crippen MR) is 86.5 cm³/mol. The van der Waals surface area contributed by atoms with Crippen LogP contribution in [0, 0.1) is 0 Å². The first-order valence-corrected chi connectivity index (χ1v) is 7.41. The molecule has 1 aromatic heterocycles. The number of halogens is 1. The molecular formula is C16H14ClN5O. The molecule has 0 radical (unpaired) electrons. The molecule has 1 N–H and O–H groups in total. The lowest BCUT2D eigenvalue weighted by molar-refractivity contribution is 0.0940. The van der Waals surface area contributed by atoms with Gasteiger partial charge in [0.1, 0.15) is 6.33 Å². The maximum atomic E-state index is 12.4. The highest BCUT2D eigenvalue weighted by Crippen LogP contribution is 2.17. The van der Waals surface area contributed by atoms with Crippen LogP contribution in [-0.2, 0) is 0 Å². The van der Waals surface area contributed by atoms with Crippen molar-refractivity contribution in [3.63, 3.8) is 0 Å². The third-order valence-corrected chi connectivity index (χ3v) is 3.69. The highest BCUT2D eigenvalue weighted by molar-refractivity contribution is 6.30. The van der Waals surface area contributed by atoms with Crippen molar-refractivity contribution in [3.8, 4) is 5.69 Å². The standard InChI is InChI=1S/C16H14ClN5O/c1-11(12-5-7-14(17)8-6-12)19-16(23)13-3-2-4-15(9-13)22-10-18-20-21-22/h2-11H,1H3,(H,19,23). The molecule has 1 heterocycles. The minimum atomic E-state index is -0.164. The van der Waals surface area contributed by atoms with Gasteiger partial charge in [-0.3, -0.25) is 4.79 Å². The van der Waals surface area contributed by atoms with Crippen LogP contribution in [0.2, 0.25) is 5.02 Å². The zero-order chi connectivity index (χ0) is 16.2. The number of tetrazole rings is 1. The van der Waals surface area contributed by atoms with E-state index in [1.807, 2.05) is 25.1 Å². The molecule has 0 aliphatic rings. The SMILES string of the molecule is CC(NC(=O)c1cccc(-n2cnnn2)c1)c1ccc(Cl)cc1. The number of carbonyl (C=O) groups excluding carboxylic acids is 1. The normalized spacial score (nSPS) is 11.9. The second-order valence-electron chi connectivity index (χ2n) is 5.05. The number of hydrogen-bond donors (Lipinski definition) is 1. The van der Waals surface area contributed by atoms with Gasteiger partial charge >= 0.3 is 0 Å². The van der Waals surface area contributed by atoms with Crippen LogP contribution in [0.15, 0.2) is 54.9 Å². The van der Waals surface area contributed by atoms with Gasteiger partial charge in [-0.15, -0.1) is 5.10 Å². The maximum absolute atomic E-state index is 12.4. The van der Waals surface area contributed by atoms with Gasteiger partial charge in [0, 0.05) is 10.6 Å². The lowest BCUT2D eigenvalue weighted by Crippen LogP contribution is -2.26. The van der Waals surface area contributed by atoms with E-state index in [-0.39, 0.29) is 11.9 Å². The molecule has 7 heteroatoms. The van der Waals surface area contributed by atoms with Crippen molar-refractivity contribution in [2.45, 2.75) is 13.0 Å². The smallest absolute Gasteiger partial charge is 0.251 e. The Morgan fingerprint density at radius 2 is 2.00 bits per heavy atom. The summed E-state index contributed by atoms with van der Waals surface area (Å²) in [5.41, 5.74) is 2.25. The van der Waals surface area contributed by atoms with E-state index in [9.17, 15) is 4.79 Å².